The van der Waals surface area contributed by atoms with Crippen LogP contribution in [0.2, 0.25) is 0 Å². The van der Waals surface area contributed by atoms with Gasteiger partial charge in [-0.2, -0.15) is 0 Å². The second-order valence-electron chi connectivity index (χ2n) is 10.4. The van der Waals surface area contributed by atoms with Crippen LogP contribution in [0.25, 0.3) is 0 Å². The lowest BCUT2D eigenvalue weighted by Crippen LogP contribution is -2.39. The molecule has 0 bridgehead atoms. The summed E-state index contributed by atoms with van der Waals surface area (Å²) in [7, 11) is 0. The fourth-order valence-electron chi connectivity index (χ4n) is 5.26. The Morgan fingerprint density at radius 3 is 2.74 bits per heavy atom. The number of hydrogen-bond donors (Lipinski definition) is 1. The van der Waals surface area contributed by atoms with Crippen molar-refractivity contribution in [3.8, 4) is 0 Å². The van der Waals surface area contributed by atoms with Crippen LogP contribution >= 0.6 is 0 Å². The lowest BCUT2D eigenvalue weighted by atomic mass is 10.0. The first-order chi connectivity index (χ1) is 18.5. The molecule has 1 atom stereocenters. The third kappa shape index (κ3) is 7.16. The number of carbonyl (C=O) groups excluding carboxylic acids is 2. The van der Waals surface area contributed by atoms with Gasteiger partial charge in [0, 0.05) is 43.1 Å². The van der Waals surface area contributed by atoms with Crippen LogP contribution in [0.15, 0.2) is 59.1 Å². The van der Waals surface area contributed by atoms with Crippen molar-refractivity contribution < 1.29 is 14.0 Å². The number of piperidine rings is 1. The van der Waals surface area contributed by atoms with Gasteiger partial charge < -0.3 is 24.1 Å². The molecule has 204 valence electrons. The zero-order chi connectivity index (χ0) is 26.9. The van der Waals surface area contributed by atoms with Gasteiger partial charge in [0.1, 0.15) is 5.76 Å². The Hall–Kier alpha value is -3.32. The molecule has 0 saturated carbocycles. The average molecular weight is 519 g/mol. The monoisotopic (exact) mass is 518 g/mol. The molecule has 2 amide bonds. The van der Waals surface area contributed by atoms with Crippen LogP contribution in [0, 0.1) is 6.92 Å². The van der Waals surface area contributed by atoms with Crippen LogP contribution in [0.3, 0.4) is 0 Å². The van der Waals surface area contributed by atoms with Crippen LogP contribution in [0.1, 0.15) is 83.9 Å². The van der Waals surface area contributed by atoms with Crippen molar-refractivity contribution in [3.05, 3.63) is 83.1 Å². The number of furan rings is 1. The highest BCUT2D eigenvalue weighted by atomic mass is 16.4. The number of benzene rings is 1. The molecule has 0 radical (unpaired) electrons. The van der Waals surface area contributed by atoms with Gasteiger partial charge in [0.15, 0.2) is 5.76 Å². The summed E-state index contributed by atoms with van der Waals surface area (Å²) >= 11 is 0. The average Bonchev–Trinajstić information content (AvgIpc) is 3.57. The van der Waals surface area contributed by atoms with Crippen molar-refractivity contribution in [2.75, 3.05) is 26.2 Å². The molecule has 1 saturated heterocycles. The van der Waals surface area contributed by atoms with E-state index in [-0.39, 0.29) is 11.8 Å². The number of rotatable bonds is 12. The second-order valence-corrected chi connectivity index (χ2v) is 10.4. The molecule has 1 fully saturated rings. The largest absolute Gasteiger partial charge is 0.454 e. The summed E-state index contributed by atoms with van der Waals surface area (Å²) in [6, 6.07) is 16.0. The highest BCUT2D eigenvalue weighted by Crippen LogP contribution is 2.18. The van der Waals surface area contributed by atoms with Gasteiger partial charge in [0.25, 0.3) is 11.8 Å². The van der Waals surface area contributed by atoms with Crippen LogP contribution < -0.4 is 5.32 Å². The van der Waals surface area contributed by atoms with Crippen molar-refractivity contribution in [1.82, 2.24) is 19.7 Å². The zero-order valence-corrected chi connectivity index (χ0v) is 23.1. The number of nitrogens with zero attached hydrogens (tertiary/aromatic N) is 3. The maximum absolute atomic E-state index is 13.3. The number of likely N-dealkylation sites (tertiary alicyclic amines) is 1. The minimum Gasteiger partial charge on any atom is -0.454 e. The van der Waals surface area contributed by atoms with Gasteiger partial charge >= 0.3 is 0 Å². The van der Waals surface area contributed by atoms with E-state index in [4.69, 9.17) is 4.42 Å². The van der Waals surface area contributed by atoms with E-state index in [0.29, 0.717) is 43.7 Å². The molecule has 3 heterocycles. The first kappa shape index (κ1) is 27.7. The first-order valence-electron chi connectivity index (χ1n) is 14.1. The SMILES string of the molecule is CCCN(Cc1cccn1Cc1ccc(C(=O)NCCCN2CCCCC2C)o1)C(=O)c1ccccc1C. The van der Waals surface area contributed by atoms with E-state index in [1.165, 1.54) is 19.3 Å². The summed E-state index contributed by atoms with van der Waals surface area (Å²) in [6.45, 7) is 10.9. The molecule has 1 aromatic carbocycles. The predicted molar refractivity (Wildman–Crippen MR) is 150 cm³/mol. The summed E-state index contributed by atoms with van der Waals surface area (Å²) < 4.78 is 7.98. The Labute approximate surface area is 226 Å². The van der Waals surface area contributed by atoms with Crippen molar-refractivity contribution in [1.29, 1.82) is 0 Å². The fourth-order valence-corrected chi connectivity index (χ4v) is 5.26. The maximum atomic E-state index is 13.3. The summed E-state index contributed by atoms with van der Waals surface area (Å²) in [5, 5.41) is 3.00. The van der Waals surface area contributed by atoms with Crippen molar-refractivity contribution >= 4 is 11.8 Å². The van der Waals surface area contributed by atoms with E-state index in [2.05, 4.69) is 28.6 Å². The van der Waals surface area contributed by atoms with Crippen LogP contribution in [-0.2, 0) is 13.1 Å². The number of nitrogens with one attached hydrogen (secondary N) is 1. The molecular weight excluding hydrogens is 476 g/mol. The molecule has 3 aromatic rings. The lowest BCUT2D eigenvalue weighted by molar-refractivity contribution is 0.0738. The van der Waals surface area contributed by atoms with Gasteiger partial charge in [-0.25, -0.2) is 0 Å². The molecule has 1 unspecified atom stereocenters. The van der Waals surface area contributed by atoms with Crippen LogP contribution in [0.4, 0.5) is 0 Å². The predicted octanol–water partition coefficient (Wildman–Crippen LogP) is 5.48. The molecule has 4 rings (SSSR count). The molecule has 7 nitrogen and oxygen atoms in total. The molecule has 1 aliphatic rings. The van der Waals surface area contributed by atoms with E-state index in [1.807, 2.05) is 60.5 Å². The third-order valence-electron chi connectivity index (χ3n) is 7.49. The van der Waals surface area contributed by atoms with E-state index >= 15 is 0 Å². The van der Waals surface area contributed by atoms with Gasteiger partial charge in [-0.3, -0.25) is 9.59 Å². The molecule has 1 N–H and O–H groups in total. The standard InChI is InChI=1S/C31H42N4O3/c1-4-18-35(31(37)28-14-6-5-11-24(28)2)22-26-13-9-20-34(26)23-27-15-16-29(38-27)30(36)32-17-10-21-33-19-8-7-12-25(33)3/h5-6,9,11,13-16,20,25H,4,7-8,10,12,17-19,21-23H2,1-3H3,(H,32,36). The Bertz CT molecular complexity index is 1200. The number of hydrogen-bond acceptors (Lipinski definition) is 4. The topological polar surface area (TPSA) is 70.7 Å². The normalized spacial score (nSPS) is 15.9. The van der Waals surface area contributed by atoms with Crippen molar-refractivity contribution in [2.45, 2.75) is 72.0 Å². The molecule has 38 heavy (non-hydrogen) atoms. The Kier molecular flexibility index (Phi) is 9.82. The fraction of sp³-hybridized carbons (Fsp3) is 0.484. The van der Waals surface area contributed by atoms with Crippen molar-refractivity contribution in [3.63, 3.8) is 0 Å². The Morgan fingerprint density at radius 1 is 1.11 bits per heavy atom. The van der Waals surface area contributed by atoms with E-state index in [0.717, 1.165) is 42.8 Å². The highest BCUT2D eigenvalue weighted by Gasteiger charge is 2.20. The molecule has 2 aromatic heterocycles. The smallest absolute Gasteiger partial charge is 0.286 e. The summed E-state index contributed by atoms with van der Waals surface area (Å²) in [5.74, 6) is 0.919. The van der Waals surface area contributed by atoms with Gasteiger partial charge in [-0.15, -0.1) is 0 Å². The van der Waals surface area contributed by atoms with Gasteiger partial charge in [0.2, 0.25) is 0 Å². The molecular formula is C31H42N4O3. The van der Waals surface area contributed by atoms with E-state index in [9.17, 15) is 9.59 Å². The molecule has 0 spiro atoms. The first-order valence-corrected chi connectivity index (χ1v) is 14.1. The second kappa shape index (κ2) is 13.5. The van der Waals surface area contributed by atoms with Crippen molar-refractivity contribution in [2.24, 2.45) is 0 Å². The summed E-state index contributed by atoms with van der Waals surface area (Å²) in [4.78, 5) is 30.3. The summed E-state index contributed by atoms with van der Waals surface area (Å²) in [6.07, 6.45) is 7.67. The highest BCUT2D eigenvalue weighted by molar-refractivity contribution is 5.95. The maximum Gasteiger partial charge on any atom is 0.286 e. The van der Waals surface area contributed by atoms with E-state index < -0.39 is 0 Å². The zero-order valence-electron chi connectivity index (χ0n) is 23.1. The number of aromatic nitrogens is 1. The Morgan fingerprint density at radius 2 is 1.95 bits per heavy atom. The minimum absolute atomic E-state index is 0.0457. The summed E-state index contributed by atoms with van der Waals surface area (Å²) in [5.41, 5.74) is 2.75. The Balaban J connectivity index is 1.31. The van der Waals surface area contributed by atoms with Crippen LogP contribution in [-0.4, -0.2) is 58.4 Å². The minimum atomic E-state index is -0.173. The van der Waals surface area contributed by atoms with Crippen LogP contribution in [0.5, 0.6) is 0 Å². The quantitative estimate of drug-likeness (QED) is 0.322. The molecule has 7 heteroatoms. The molecule has 0 aliphatic carbocycles. The van der Waals surface area contributed by atoms with Gasteiger partial charge in [-0.05, 0) is 82.0 Å². The number of aryl methyl sites for hydroxylation is 1. The van der Waals surface area contributed by atoms with E-state index in [1.54, 1.807) is 6.07 Å². The van der Waals surface area contributed by atoms with Gasteiger partial charge in [0.05, 0.1) is 13.1 Å². The lowest BCUT2D eigenvalue weighted by Gasteiger charge is -2.33. The number of carbonyl (C=O) groups is 2. The van der Waals surface area contributed by atoms with Gasteiger partial charge in [-0.1, -0.05) is 31.5 Å². The number of amides is 2. The molecule has 1 aliphatic heterocycles. The third-order valence-corrected chi connectivity index (χ3v) is 7.49.